The minimum Gasteiger partial charge on any atom is -0.390 e. The third-order valence-corrected chi connectivity index (χ3v) is 5.26. The summed E-state index contributed by atoms with van der Waals surface area (Å²) in [5.74, 6) is -0.130. The summed E-state index contributed by atoms with van der Waals surface area (Å²) in [4.78, 5) is 36.9. The van der Waals surface area contributed by atoms with Crippen LogP contribution in [-0.2, 0) is 5.75 Å². The fraction of sp³-hybridized carbons (Fsp3) is 0.105. The zero-order chi connectivity index (χ0) is 21.1. The van der Waals surface area contributed by atoms with Gasteiger partial charge in [0.1, 0.15) is 0 Å². The quantitative estimate of drug-likeness (QED) is 0.268. The average molecular weight is 422 g/mol. The molecule has 2 aromatic carbocycles. The lowest BCUT2D eigenvalue weighted by Gasteiger charge is -2.07. The molecular weight excluding hydrogens is 408 g/mol. The van der Waals surface area contributed by atoms with E-state index in [4.69, 9.17) is 0 Å². The van der Waals surface area contributed by atoms with Crippen LogP contribution >= 0.6 is 11.8 Å². The smallest absolute Gasteiger partial charge is 0.390 e. The number of nitrogens with zero attached hydrogens (tertiary/aromatic N) is 5. The van der Waals surface area contributed by atoms with Crippen LogP contribution in [0.2, 0.25) is 0 Å². The van der Waals surface area contributed by atoms with E-state index in [1.807, 2.05) is 30.3 Å². The number of hydrogen-bond acceptors (Lipinski definition) is 8. The molecule has 0 aliphatic heterocycles. The van der Waals surface area contributed by atoms with Crippen molar-refractivity contribution in [1.29, 1.82) is 0 Å². The van der Waals surface area contributed by atoms with E-state index in [0.29, 0.717) is 16.5 Å². The number of fused-ring (bicyclic) bond motifs is 1. The molecular formula is C19H14N6O4S. The van der Waals surface area contributed by atoms with Crippen molar-refractivity contribution in [2.45, 2.75) is 17.0 Å². The largest absolute Gasteiger partial charge is 0.471 e. The Labute approximate surface area is 173 Å². The zero-order valence-corrected chi connectivity index (χ0v) is 16.2. The van der Waals surface area contributed by atoms with Crippen LogP contribution in [0.25, 0.3) is 11.2 Å². The standard InChI is InChI=1S/C19H14N6O4S/c26-24(27)16(13-9-5-2-6-10-13)14-15-17(22-18(20-14)25(28)29)23-19(21-15)30-11-12-7-3-1-4-8-12/h1-10,16H,11H2,(H,20,21,22,23). The van der Waals surface area contributed by atoms with Crippen LogP contribution in [0.4, 0.5) is 5.95 Å². The Morgan fingerprint density at radius 2 is 1.60 bits per heavy atom. The first-order valence-corrected chi connectivity index (χ1v) is 9.78. The summed E-state index contributed by atoms with van der Waals surface area (Å²) >= 11 is 1.36. The van der Waals surface area contributed by atoms with E-state index in [9.17, 15) is 20.2 Å². The topological polar surface area (TPSA) is 141 Å². The van der Waals surface area contributed by atoms with Crippen molar-refractivity contribution in [2.75, 3.05) is 0 Å². The predicted octanol–water partition coefficient (Wildman–Crippen LogP) is 3.92. The van der Waals surface area contributed by atoms with E-state index in [0.717, 1.165) is 5.56 Å². The number of hydrogen-bond donors (Lipinski definition) is 1. The van der Waals surface area contributed by atoms with Crippen molar-refractivity contribution in [3.05, 3.63) is 97.7 Å². The van der Waals surface area contributed by atoms with Gasteiger partial charge in [0.2, 0.25) is 5.69 Å². The van der Waals surface area contributed by atoms with Gasteiger partial charge in [0.25, 0.3) is 11.7 Å². The van der Waals surface area contributed by atoms with Gasteiger partial charge in [0.15, 0.2) is 10.7 Å². The molecule has 0 aliphatic carbocycles. The number of thioether (sulfide) groups is 1. The fourth-order valence-corrected chi connectivity index (χ4v) is 3.80. The summed E-state index contributed by atoms with van der Waals surface area (Å²) in [6.07, 6.45) is 0. The van der Waals surface area contributed by atoms with Gasteiger partial charge in [-0.05, 0) is 15.5 Å². The molecule has 0 spiro atoms. The number of nitro groups is 2. The molecule has 0 saturated heterocycles. The molecule has 4 rings (SSSR count). The van der Waals surface area contributed by atoms with E-state index in [-0.39, 0.29) is 16.9 Å². The minimum absolute atomic E-state index is 0.0186. The van der Waals surface area contributed by atoms with E-state index in [2.05, 4.69) is 19.9 Å². The summed E-state index contributed by atoms with van der Waals surface area (Å²) in [6, 6.07) is 16.5. The highest BCUT2D eigenvalue weighted by Gasteiger charge is 2.36. The molecule has 1 unspecified atom stereocenters. The minimum atomic E-state index is -1.40. The average Bonchev–Trinajstić information content (AvgIpc) is 3.17. The molecule has 0 amide bonds. The molecule has 2 aromatic heterocycles. The number of aromatic amines is 1. The van der Waals surface area contributed by atoms with E-state index >= 15 is 0 Å². The van der Waals surface area contributed by atoms with Gasteiger partial charge in [0, 0.05) is 16.2 Å². The van der Waals surface area contributed by atoms with Gasteiger partial charge in [-0.25, -0.2) is 0 Å². The molecule has 0 radical (unpaired) electrons. The second kappa shape index (κ2) is 8.25. The number of nitrogens with one attached hydrogen (secondary N) is 1. The second-order valence-corrected chi connectivity index (χ2v) is 7.24. The SMILES string of the molecule is O=[N+]([O-])c1nc(C(c2ccccc2)[N+](=O)[O-])c2[nH]c(SCc3ccccc3)nc2n1. The number of benzene rings is 2. The molecule has 1 atom stereocenters. The summed E-state index contributed by atoms with van der Waals surface area (Å²) in [5, 5.41) is 23.6. The van der Waals surface area contributed by atoms with Gasteiger partial charge in [-0.3, -0.25) is 10.1 Å². The monoisotopic (exact) mass is 422 g/mol. The van der Waals surface area contributed by atoms with Crippen molar-refractivity contribution in [1.82, 2.24) is 19.9 Å². The van der Waals surface area contributed by atoms with Crippen molar-refractivity contribution < 1.29 is 9.85 Å². The maximum atomic E-state index is 11.9. The van der Waals surface area contributed by atoms with Crippen LogP contribution < -0.4 is 0 Å². The molecule has 150 valence electrons. The highest BCUT2D eigenvalue weighted by Crippen LogP contribution is 2.31. The molecule has 30 heavy (non-hydrogen) atoms. The lowest BCUT2D eigenvalue weighted by atomic mass is 10.0. The van der Waals surface area contributed by atoms with Crippen LogP contribution in [-0.4, -0.2) is 29.8 Å². The fourth-order valence-electron chi connectivity index (χ4n) is 2.97. The van der Waals surface area contributed by atoms with Crippen LogP contribution in [0.3, 0.4) is 0 Å². The molecule has 0 fully saturated rings. The first kappa shape index (κ1) is 19.5. The lowest BCUT2D eigenvalue weighted by Crippen LogP contribution is -2.15. The van der Waals surface area contributed by atoms with Crippen molar-refractivity contribution in [3.8, 4) is 0 Å². The molecule has 0 saturated carbocycles. The van der Waals surface area contributed by atoms with Gasteiger partial charge < -0.3 is 15.1 Å². The molecule has 2 heterocycles. The van der Waals surface area contributed by atoms with Crippen LogP contribution in [0.15, 0.2) is 65.8 Å². The van der Waals surface area contributed by atoms with Crippen LogP contribution in [0.1, 0.15) is 22.9 Å². The van der Waals surface area contributed by atoms with Crippen molar-refractivity contribution in [2.24, 2.45) is 0 Å². The number of H-pyrrole nitrogens is 1. The van der Waals surface area contributed by atoms with Gasteiger partial charge >= 0.3 is 5.95 Å². The second-order valence-electron chi connectivity index (χ2n) is 6.28. The molecule has 0 bridgehead atoms. The van der Waals surface area contributed by atoms with Crippen LogP contribution in [0.5, 0.6) is 0 Å². The van der Waals surface area contributed by atoms with E-state index in [1.165, 1.54) is 11.8 Å². The summed E-state index contributed by atoms with van der Waals surface area (Å²) in [5.41, 5.74) is 1.55. The summed E-state index contributed by atoms with van der Waals surface area (Å²) in [7, 11) is 0. The number of aromatic nitrogens is 4. The molecule has 11 heteroatoms. The Morgan fingerprint density at radius 1 is 0.933 bits per heavy atom. The summed E-state index contributed by atoms with van der Waals surface area (Å²) in [6.45, 7) is 0. The van der Waals surface area contributed by atoms with Gasteiger partial charge in [-0.2, -0.15) is 4.98 Å². The zero-order valence-electron chi connectivity index (χ0n) is 15.3. The maximum Gasteiger partial charge on any atom is 0.471 e. The Morgan fingerprint density at radius 3 is 2.23 bits per heavy atom. The lowest BCUT2D eigenvalue weighted by molar-refractivity contribution is -0.518. The highest BCUT2D eigenvalue weighted by atomic mass is 32.2. The van der Waals surface area contributed by atoms with Crippen molar-refractivity contribution in [3.63, 3.8) is 0 Å². The normalized spacial score (nSPS) is 12.0. The summed E-state index contributed by atoms with van der Waals surface area (Å²) < 4.78 is 0. The molecule has 0 aliphatic rings. The van der Waals surface area contributed by atoms with Gasteiger partial charge in [-0.1, -0.05) is 77.4 Å². The Hall–Kier alpha value is -3.86. The Balaban J connectivity index is 1.80. The van der Waals surface area contributed by atoms with Crippen LogP contribution in [0, 0.1) is 20.2 Å². The van der Waals surface area contributed by atoms with Crippen molar-refractivity contribution >= 4 is 28.9 Å². The maximum absolute atomic E-state index is 11.9. The van der Waals surface area contributed by atoms with Gasteiger partial charge in [0.05, 0.1) is 0 Å². The van der Waals surface area contributed by atoms with E-state index in [1.54, 1.807) is 30.3 Å². The highest BCUT2D eigenvalue weighted by molar-refractivity contribution is 7.98. The predicted molar refractivity (Wildman–Crippen MR) is 110 cm³/mol. The molecule has 1 N–H and O–H groups in total. The third kappa shape index (κ3) is 3.96. The van der Waals surface area contributed by atoms with Gasteiger partial charge in [-0.15, -0.1) is 0 Å². The number of imidazole rings is 1. The first-order chi connectivity index (χ1) is 14.5. The third-order valence-electron chi connectivity index (χ3n) is 4.31. The Kier molecular flexibility index (Phi) is 5.35. The first-order valence-electron chi connectivity index (χ1n) is 8.80. The Bertz CT molecular complexity index is 1220. The molecule has 4 aromatic rings. The molecule has 10 nitrogen and oxygen atoms in total. The number of rotatable bonds is 7. The van der Waals surface area contributed by atoms with E-state index < -0.39 is 21.8 Å².